The average molecular weight is 657 g/mol. The highest BCUT2D eigenvalue weighted by Crippen LogP contribution is 2.42. The molecule has 0 saturated heterocycles. The van der Waals surface area contributed by atoms with Crippen molar-refractivity contribution in [3.05, 3.63) is 156 Å². The Hall–Kier alpha value is -5.08. The number of nitrogens with two attached hydrogens (primary N) is 1. The summed E-state index contributed by atoms with van der Waals surface area (Å²) in [5, 5.41) is 0. The Balaban J connectivity index is 1.40. The maximum Gasteiger partial charge on any atom is 0.0697 e. The first-order valence-electron chi connectivity index (χ1n) is 17.8. The number of benzene rings is 6. The van der Waals surface area contributed by atoms with Gasteiger partial charge < -0.3 is 10.6 Å². The Labute approximate surface area is 300 Å². The molecule has 0 spiro atoms. The number of rotatable bonds is 6. The summed E-state index contributed by atoms with van der Waals surface area (Å²) in [5.74, 6) is 0. The van der Waals surface area contributed by atoms with E-state index in [2.05, 4.69) is 201 Å². The molecule has 0 radical (unpaired) electrons. The SMILES string of the molecule is CC(C)(C)c1ccc(-c2ccc(N(c3ccc(-c4ccc(C(C)(C)C)cc4)cc3)c3cc(-c4ccc(C(C)(C)C)cc4)ccc3N)cc2)cc1. The molecule has 0 atom stereocenters. The van der Waals surface area contributed by atoms with Gasteiger partial charge in [-0.1, -0.05) is 165 Å². The Kier molecular flexibility index (Phi) is 9.27. The second-order valence-electron chi connectivity index (χ2n) is 16.7. The largest absolute Gasteiger partial charge is 0.397 e. The van der Waals surface area contributed by atoms with E-state index in [1.54, 1.807) is 0 Å². The molecule has 0 bridgehead atoms. The van der Waals surface area contributed by atoms with E-state index in [1.165, 1.54) is 44.5 Å². The lowest BCUT2D eigenvalue weighted by Crippen LogP contribution is -2.12. The van der Waals surface area contributed by atoms with Gasteiger partial charge in [0.1, 0.15) is 0 Å². The van der Waals surface area contributed by atoms with Crippen LogP contribution in [0.25, 0.3) is 33.4 Å². The van der Waals surface area contributed by atoms with Crippen LogP contribution in [-0.4, -0.2) is 0 Å². The van der Waals surface area contributed by atoms with Gasteiger partial charge in [0.25, 0.3) is 0 Å². The zero-order chi connectivity index (χ0) is 35.8. The molecule has 0 aliphatic rings. The van der Waals surface area contributed by atoms with Crippen LogP contribution in [-0.2, 0) is 16.2 Å². The van der Waals surface area contributed by atoms with Crippen molar-refractivity contribution in [1.82, 2.24) is 0 Å². The highest BCUT2D eigenvalue weighted by Gasteiger charge is 2.19. The van der Waals surface area contributed by atoms with E-state index in [0.717, 1.165) is 28.3 Å². The quantitative estimate of drug-likeness (QED) is 0.181. The number of hydrogen-bond donors (Lipinski definition) is 1. The van der Waals surface area contributed by atoms with E-state index in [9.17, 15) is 0 Å². The Bertz CT molecular complexity index is 1940. The first-order chi connectivity index (χ1) is 23.6. The fraction of sp³-hybridized carbons (Fsp3) is 0.250. The second-order valence-corrected chi connectivity index (χ2v) is 16.7. The summed E-state index contributed by atoms with van der Waals surface area (Å²) in [5.41, 5.74) is 22.0. The number of nitrogen functional groups attached to an aromatic ring is 1. The molecule has 0 aliphatic heterocycles. The molecule has 6 aromatic rings. The lowest BCUT2D eigenvalue weighted by Gasteiger charge is -2.28. The summed E-state index contributed by atoms with van der Waals surface area (Å²) in [4.78, 5) is 2.28. The zero-order valence-electron chi connectivity index (χ0n) is 31.3. The molecule has 2 heteroatoms. The minimum absolute atomic E-state index is 0.100. The van der Waals surface area contributed by atoms with Gasteiger partial charge in [0.2, 0.25) is 0 Å². The second kappa shape index (κ2) is 13.3. The van der Waals surface area contributed by atoms with Crippen molar-refractivity contribution in [2.45, 2.75) is 78.6 Å². The van der Waals surface area contributed by atoms with Crippen LogP contribution in [0.2, 0.25) is 0 Å². The van der Waals surface area contributed by atoms with Crippen LogP contribution in [0.1, 0.15) is 79.0 Å². The molecular formula is C48H52N2. The molecule has 0 fully saturated rings. The Morgan fingerprint density at radius 2 is 0.600 bits per heavy atom. The summed E-state index contributed by atoms with van der Waals surface area (Å²) >= 11 is 0. The number of hydrogen-bond acceptors (Lipinski definition) is 2. The van der Waals surface area contributed by atoms with Gasteiger partial charge >= 0.3 is 0 Å². The van der Waals surface area contributed by atoms with Crippen LogP contribution in [0.5, 0.6) is 0 Å². The molecular weight excluding hydrogens is 605 g/mol. The first-order valence-corrected chi connectivity index (χ1v) is 17.8. The highest BCUT2D eigenvalue weighted by molar-refractivity contribution is 5.88. The highest BCUT2D eigenvalue weighted by atomic mass is 15.1. The van der Waals surface area contributed by atoms with E-state index in [-0.39, 0.29) is 16.2 Å². The maximum absolute atomic E-state index is 6.82. The Morgan fingerprint density at radius 1 is 0.340 bits per heavy atom. The van der Waals surface area contributed by atoms with Gasteiger partial charge in [-0.2, -0.15) is 0 Å². The van der Waals surface area contributed by atoms with Crippen LogP contribution in [0.3, 0.4) is 0 Å². The van der Waals surface area contributed by atoms with Gasteiger partial charge in [0.05, 0.1) is 11.4 Å². The summed E-state index contributed by atoms with van der Waals surface area (Å²) in [6, 6.07) is 50.9. The smallest absolute Gasteiger partial charge is 0.0697 e. The molecule has 0 unspecified atom stereocenters. The number of anilines is 4. The molecule has 0 aromatic heterocycles. The van der Waals surface area contributed by atoms with Crippen molar-refractivity contribution < 1.29 is 0 Å². The molecule has 6 rings (SSSR count). The molecule has 6 aromatic carbocycles. The van der Waals surface area contributed by atoms with Crippen LogP contribution in [0, 0.1) is 0 Å². The minimum atomic E-state index is 0.100. The van der Waals surface area contributed by atoms with Crippen LogP contribution < -0.4 is 10.6 Å². The fourth-order valence-corrected chi connectivity index (χ4v) is 6.44. The topological polar surface area (TPSA) is 29.3 Å². The molecule has 0 amide bonds. The summed E-state index contributed by atoms with van der Waals surface area (Å²) in [6.07, 6.45) is 0. The fourth-order valence-electron chi connectivity index (χ4n) is 6.44. The van der Waals surface area contributed by atoms with Gasteiger partial charge in [0, 0.05) is 11.4 Å². The molecule has 0 heterocycles. The number of nitrogens with zero attached hydrogens (tertiary/aromatic N) is 1. The standard InChI is InChI=1S/C48H52N2/c1-46(2,3)39-21-10-33(11-22-39)35-16-27-42(28-17-35)50(43-29-18-36(19-30-43)34-12-23-40(24-13-34)47(4,5)6)45-32-38(20-31-44(45)49)37-14-25-41(26-15-37)48(7,8)9/h10-32H,49H2,1-9H3. The van der Waals surface area contributed by atoms with E-state index in [4.69, 9.17) is 5.73 Å². The third-order valence-corrected chi connectivity index (χ3v) is 9.78. The lowest BCUT2D eigenvalue weighted by atomic mass is 9.86. The molecule has 254 valence electrons. The van der Waals surface area contributed by atoms with Gasteiger partial charge in [0.15, 0.2) is 0 Å². The summed E-state index contributed by atoms with van der Waals surface area (Å²) < 4.78 is 0. The minimum Gasteiger partial charge on any atom is -0.397 e. The first kappa shape index (κ1) is 34.8. The van der Waals surface area contributed by atoms with Crippen molar-refractivity contribution in [2.24, 2.45) is 0 Å². The van der Waals surface area contributed by atoms with Crippen LogP contribution in [0.4, 0.5) is 22.7 Å². The van der Waals surface area contributed by atoms with Crippen molar-refractivity contribution in [1.29, 1.82) is 0 Å². The van der Waals surface area contributed by atoms with E-state index in [1.807, 2.05) is 6.07 Å². The van der Waals surface area contributed by atoms with E-state index < -0.39 is 0 Å². The average Bonchev–Trinajstić information content (AvgIpc) is 3.09. The lowest BCUT2D eigenvalue weighted by molar-refractivity contribution is 0.590. The molecule has 2 nitrogen and oxygen atoms in total. The van der Waals surface area contributed by atoms with E-state index in [0.29, 0.717) is 0 Å². The summed E-state index contributed by atoms with van der Waals surface area (Å²) in [7, 11) is 0. The zero-order valence-corrected chi connectivity index (χ0v) is 31.3. The van der Waals surface area contributed by atoms with Crippen molar-refractivity contribution >= 4 is 22.7 Å². The van der Waals surface area contributed by atoms with Gasteiger partial charge in [-0.3, -0.25) is 0 Å². The third kappa shape index (κ3) is 7.55. The third-order valence-electron chi connectivity index (χ3n) is 9.78. The normalized spacial score (nSPS) is 12.2. The maximum atomic E-state index is 6.82. The van der Waals surface area contributed by atoms with Crippen LogP contribution in [0.15, 0.2) is 140 Å². The van der Waals surface area contributed by atoms with Crippen molar-refractivity contribution in [3.8, 4) is 33.4 Å². The molecule has 50 heavy (non-hydrogen) atoms. The van der Waals surface area contributed by atoms with Crippen LogP contribution >= 0.6 is 0 Å². The molecule has 2 N–H and O–H groups in total. The van der Waals surface area contributed by atoms with Crippen molar-refractivity contribution in [2.75, 3.05) is 10.6 Å². The Morgan fingerprint density at radius 3 is 0.900 bits per heavy atom. The van der Waals surface area contributed by atoms with Crippen molar-refractivity contribution in [3.63, 3.8) is 0 Å². The monoisotopic (exact) mass is 656 g/mol. The predicted octanol–water partition coefficient (Wildman–Crippen LogP) is 13.6. The summed E-state index contributed by atoms with van der Waals surface area (Å²) in [6.45, 7) is 20.3. The molecule has 0 saturated carbocycles. The van der Waals surface area contributed by atoms with Gasteiger partial charge in [-0.25, -0.2) is 0 Å². The predicted molar refractivity (Wildman–Crippen MR) is 218 cm³/mol. The van der Waals surface area contributed by atoms with E-state index >= 15 is 0 Å². The van der Waals surface area contributed by atoms with Gasteiger partial charge in [-0.05, 0) is 103 Å². The molecule has 0 aliphatic carbocycles. The van der Waals surface area contributed by atoms with Gasteiger partial charge in [-0.15, -0.1) is 0 Å².